The fourth-order valence-electron chi connectivity index (χ4n) is 3.68. The minimum atomic E-state index is -0.461. The molecule has 4 nitrogen and oxygen atoms in total. The number of anilines is 1. The first-order valence-electron chi connectivity index (χ1n) is 7.15. The highest BCUT2D eigenvalue weighted by molar-refractivity contribution is 6.34. The lowest BCUT2D eigenvalue weighted by Crippen LogP contribution is -2.32. The van der Waals surface area contributed by atoms with Gasteiger partial charge < -0.3 is 16.4 Å². The number of amides is 1. The summed E-state index contributed by atoms with van der Waals surface area (Å²) in [6, 6.07) is 5.84. The van der Waals surface area contributed by atoms with E-state index in [1.54, 1.807) is 6.07 Å². The number of carbonyl (C=O) groups is 1. The van der Waals surface area contributed by atoms with E-state index in [4.69, 9.17) is 23.1 Å². The molecule has 0 aromatic heterocycles. The summed E-state index contributed by atoms with van der Waals surface area (Å²) in [7, 11) is 0. The second-order valence-electron chi connectivity index (χ2n) is 6.00. The standard InChI is InChI=1S/C15H20ClN3O/c16-12-2-1-3-13(14(12)15(18)20)19-7-9-4-5-11(17)6-10(9)8-19/h1-3,9-11H,4-8,17H2,(H2,18,20)/t9-,10+,11?/m1/s1. The predicted octanol–water partition coefficient (Wildman–Crippen LogP) is 2.00. The third kappa shape index (κ3) is 2.38. The zero-order valence-electron chi connectivity index (χ0n) is 11.4. The van der Waals surface area contributed by atoms with Gasteiger partial charge in [-0.1, -0.05) is 17.7 Å². The second kappa shape index (κ2) is 5.26. The number of hydrogen-bond donors (Lipinski definition) is 2. The summed E-state index contributed by atoms with van der Waals surface area (Å²) in [5.74, 6) is 0.838. The van der Waals surface area contributed by atoms with Gasteiger partial charge in [-0.15, -0.1) is 0 Å². The molecule has 1 aliphatic heterocycles. The lowest BCUT2D eigenvalue weighted by atomic mass is 9.79. The van der Waals surface area contributed by atoms with Gasteiger partial charge >= 0.3 is 0 Å². The summed E-state index contributed by atoms with van der Waals surface area (Å²) in [4.78, 5) is 13.9. The van der Waals surface area contributed by atoms with Crippen molar-refractivity contribution in [3.8, 4) is 0 Å². The van der Waals surface area contributed by atoms with E-state index < -0.39 is 5.91 Å². The number of nitrogens with two attached hydrogens (primary N) is 2. The molecule has 1 aromatic rings. The SMILES string of the molecule is NC(=O)c1c(Cl)cccc1N1C[C@H]2CCC(N)C[C@H]2C1. The van der Waals surface area contributed by atoms with E-state index in [9.17, 15) is 4.79 Å². The zero-order chi connectivity index (χ0) is 14.3. The fourth-order valence-corrected chi connectivity index (χ4v) is 3.95. The zero-order valence-corrected chi connectivity index (χ0v) is 12.1. The summed E-state index contributed by atoms with van der Waals surface area (Å²) in [6.45, 7) is 1.91. The molecular formula is C15H20ClN3O. The van der Waals surface area contributed by atoms with Gasteiger partial charge in [-0.2, -0.15) is 0 Å². The van der Waals surface area contributed by atoms with E-state index in [-0.39, 0.29) is 0 Å². The molecule has 5 heteroatoms. The van der Waals surface area contributed by atoms with Crippen LogP contribution in [0.2, 0.25) is 5.02 Å². The summed E-state index contributed by atoms with van der Waals surface area (Å²) in [5.41, 5.74) is 12.9. The van der Waals surface area contributed by atoms with E-state index in [0.717, 1.165) is 31.6 Å². The van der Waals surface area contributed by atoms with Gasteiger partial charge in [-0.25, -0.2) is 0 Å². The Kier molecular flexibility index (Phi) is 3.61. The Morgan fingerprint density at radius 2 is 2.00 bits per heavy atom. The maximum Gasteiger partial charge on any atom is 0.252 e. The summed E-state index contributed by atoms with van der Waals surface area (Å²) < 4.78 is 0. The topological polar surface area (TPSA) is 72.4 Å². The number of nitrogens with zero attached hydrogens (tertiary/aromatic N) is 1. The van der Waals surface area contributed by atoms with Crippen LogP contribution in [-0.2, 0) is 0 Å². The molecule has 20 heavy (non-hydrogen) atoms. The molecule has 2 aliphatic rings. The number of rotatable bonds is 2. The van der Waals surface area contributed by atoms with Crippen LogP contribution < -0.4 is 16.4 Å². The molecule has 0 bridgehead atoms. The predicted molar refractivity (Wildman–Crippen MR) is 81.0 cm³/mol. The first-order valence-corrected chi connectivity index (χ1v) is 7.53. The Hall–Kier alpha value is -1.26. The van der Waals surface area contributed by atoms with Crippen molar-refractivity contribution in [3.05, 3.63) is 28.8 Å². The van der Waals surface area contributed by atoms with E-state index in [2.05, 4.69) is 4.90 Å². The van der Waals surface area contributed by atoms with E-state index >= 15 is 0 Å². The van der Waals surface area contributed by atoms with E-state index in [1.807, 2.05) is 12.1 Å². The lowest BCUT2D eigenvalue weighted by Gasteiger charge is -2.27. The molecule has 1 saturated carbocycles. The average molecular weight is 294 g/mol. The normalized spacial score (nSPS) is 29.3. The number of hydrogen-bond acceptors (Lipinski definition) is 3. The highest BCUT2D eigenvalue weighted by Gasteiger charge is 2.37. The minimum absolute atomic E-state index is 0.325. The van der Waals surface area contributed by atoms with Crippen molar-refractivity contribution >= 4 is 23.2 Å². The second-order valence-corrected chi connectivity index (χ2v) is 6.40. The highest BCUT2D eigenvalue weighted by Crippen LogP contribution is 2.39. The van der Waals surface area contributed by atoms with Crippen molar-refractivity contribution in [1.82, 2.24) is 0 Å². The molecule has 0 spiro atoms. The fraction of sp³-hybridized carbons (Fsp3) is 0.533. The minimum Gasteiger partial charge on any atom is -0.370 e. The first-order chi connectivity index (χ1) is 9.56. The van der Waals surface area contributed by atoms with Crippen molar-refractivity contribution < 1.29 is 4.79 Å². The molecular weight excluding hydrogens is 274 g/mol. The van der Waals surface area contributed by atoms with Gasteiger partial charge in [-0.05, 0) is 43.2 Å². The molecule has 108 valence electrons. The molecule has 0 radical (unpaired) electrons. The van der Waals surface area contributed by atoms with Gasteiger partial charge in [0.15, 0.2) is 0 Å². The molecule has 4 N–H and O–H groups in total. The molecule has 3 atom stereocenters. The van der Waals surface area contributed by atoms with Crippen LogP contribution in [0.5, 0.6) is 0 Å². The first kappa shape index (κ1) is 13.7. The Morgan fingerprint density at radius 1 is 1.25 bits per heavy atom. The van der Waals surface area contributed by atoms with Crippen molar-refractivity contribution in [2.75, 3.05) is 18.0 Å². The van der Waals surface area contributed by atoms with E-state index in [0.29, 0.717) is 28.5 Å². The molecule has 1 aromatic carbocycles. The summed E-state index contributed by atoms with van der Waals surface area (Å²) in [5, 5.41) is 0.432. The molecule has 1 unspecified atom stereocenters. The van der Waals surface area contributed by atoms with Crippen LogP contribution in [0.15, 0.2) is 18.2 Å². The van der Waals surface area contributed by atoms with Crippen molar-refractivity contribution in [1.29, 1.82) is 0 Å². The van der Waals surface area contributed by atoms with Crippen LogP contribution in [0.4, 0.5) is 5.69 Å². The maximum atomic E-state index is 11.7. The van der Waals surface area contributed by atoms with Crippen LogP contribution in [0.3, 0.4) is 0 Å². The Bertz CT molecular complexity index is 534. The molecule has 1 amide bonds. The van der Waals surface area contributed by atoms with Gasteiger partial charge in [-0.3, -0.25) is 4.79 Å². The highest BCUT2D eigenvalue weighted by atomic mass is 35.5. The van der Waals surface area contributed by atoms with Gasteiger partial charge in [0.05, 0.1) is 16.3 Å². The number of primary amides is 1. The maximum absolute atomic E-state index is 11.7. The lowest BCUT2D eigenvalue weighted by molar-refractivity contribution is 0.100. The van der Waals surface area contributed by atoms with Gasteiger partial charge in [0.1, 0.15) is 0 Å². The molecule has 1 heterocycles. The number of benzene rings is 1. The van der Waals surface area contributed by atoms with Crippen molar-refractivity contribution in [2.45, 2.75) is 25.3 Å². The number of fused-ring (bicyclic) bond motifs is 1. The molecule has 1 aliphatic carbocycles. The van der Waals surface area contributed by atoms with Crippen molar-refractivity contribution in [2.24, 2.45) is 23.3 Å². The number of halogens is 1. The Balaban J connectivity index is 1.88. The smallest absolute Gasteiger partial charge is 0.252 e. The van der Waals surface area contributed by atoms with Crippen LogP contribution >= 0.6 is 11.6 Å². The summed E-state index contributed by atoms with van der Waals surface area (Å²) in [6.07, 6.45) is 3.36. The van der Waals surface area contributed by atoms with Crippen molar-refractivity contribution in [3.63, 3.8) is 0 Å². The number of carbonyl (C=O) groups excluding carboxylic acids is 1. The average Bonchev–Trinajstić information content (AvgIpc) is 2.80. The van der Waals surface area contributed by atoms with Crippen LogP contribution in [0.1, 0.15) is 29.6 Å². The monoisotopic (exact) mass is 293 g/mol. The van der Waals surface area contributed by atoms with Crippen LogP contribution in [0, 0.1) is 11.8 Å². The molecule has 1 saturated heterocycles. The van der Waals surface area contributed by atoms with Crippen LogP contribution in [0.25, 0.3) is 0 Å². The van der Waals surface area contributed by atoms with E-state index in [1.165, 1.54) is 6.42 Å². The molecule has 2 fully saturated rings. The van der Waals surface area contributed by atoms with Gasteiger partial charge in [0.2, 0.25) is 0 Å². The van der Waals surface area contributed by atoms with Gasteiger partial charge in [0, 0.05) is 19.1 Å². The van der Waals surface area contributed by atoms with Gasteiger partial charge in [0.25, 0.3) is 5.91 Å². The quantitative estimate of drug-likeness (QED) is 0.876. The largest absolute Gasteiger partial charge is 0.370 e. The third-order valence-electron chi connectivity index (χ3n) is 4.67. The van der Waals surface area contributed by atoms with Crippen LogP contribution in [-0.4, -0.2) is 25.0 Å². The summed E-state index contributed by atoms with van der Waals surface area (Å²) >= 11 is 6.13. The Morgan fingerprint density at radius 3 is 2.75 bits per heavy atom. The molecule has 3 rings (SSSR count). The third-order valence-corrected chi connectivity index (χ3v) is 4.98. The Labute approximate surface area is 124 Å².